The van der Waals surface area contributed by atoms with E-state index in [1.807, 2.05) is 12.1 Å². The fraction of sp³-hybridized carbons (Fsp3) is 0. The molecule has 2 aromatic rings. The summed E-state index contributed by atoms with van der Waals surface area (Å²) in [4.78, 5) is 12.4. The Labute approximate surface area is 144 Å². The van der Waals surface area contributed by atoms with E-state index in [-0.39, 0.29) is 11.4 Å². The summed E-state index contributed by atoms with van der Waals surface area (Å²) in [5, 5.41) is 28.9. The van der Waals surface area contributed by atoms with Crippen LogP contribution >= 0.6 is 35.1 Å². The van der Waals surface area contributed by atoms with Gasteiger partial charge < -0.3 is 0 Å². The smallest absolute Gasteiger partial charge is 0.178 e. The summed E-state index contributed by atoms with van der Waals surface area (Å²) >= 11 is 8.27. The number of pyridine rings is 1. The van der Waals surface area contributed by atoms with Gasteiger partial charge in [0.1, 0.15) is 28.3 Å². The van der Waals surface area contributed by atoms with Crippen LogP contribution in [-0.4, -0.2) is 15.0 Å². The molecule has 6 nitrogen and oxygen atoms in total. The number of thioether (sulfide) groups is 2. The number of nitriles is 3. The molecule has 23 heavy (non-hydrogen) atoms. The number of nitrogens with zero attached hydrogens (tertiary/aromatic N) is 6. The molecule has 0 N–H and O–H groups in total. The molecule has 1 aliphatic heterocycles. The molecule has 0 amide bonds. The quantitative estimate of drug-likeness (QED) is 0.717. The number of hydrogen-bond donors (Lipinski definition) is 0. The van der Waals surface area contributed by atoms with Crippen LogP contribution in [0.25, 0.3) is 5.57 Å². The first-order chi connectivity index (χ1) is 11.2. The zero-order chi connectivity index (χ0) is 16.4. The number of fused-ring (bicyclic) bond motifs is 1. The van der Waals surface area contributed by atoms with E-state index in [9.17, 15) is 5.26 Å². The van der Waals surface area contributed by atoms with Crippen molar-refractivity contribution in [3.8, 4) is 18.2 Å². The first-order valence-corrected chi connectivity index (χ1v) is 8.01. The van der Waals surface area contributed by atoms with Gasteiger partial charge >= 0.3 is 0 Å². The van der Waals surface area contributed by atoms with E-state index in [4.69, 9.17) is 22.1 Å². The molecule has 3 heterocycles. The molecule has 0 saturated heterocycles. The summed E-state index contributed by atoms with van der Waals surface area (Å²) in [5.74, 6) is 0. The predicted molar refractivity (Wildman–Crippen MR) is 85.0 cm³/mol. The lowest BCUT2D eigenvalue weighted by Gasteiger charge is -2.01. The van der Waals surface area contributed by atoms with Crippen molar-refractivity contribution < 1.29 is 0 Å². The van der Waals surface area contributed by atoms with Crippen LogP contribution in [0.4, 0.5) is 0 Å². The minimum atomic E-state index is -0.0243. The lowest BCUT2D eigenvalue weighted by atomic mass is 10.2. The highest BCUT2D eigenvalue weighted by Crippen LogP contribution is 2.51. The Morgan fingerprint density at radius 3 is 2.04 bits per heavy atom. The molecule has 0 spiro atoms. The predicted octanol–water partition coefficient (Wildman–Crippen LogP) is 3.36. The Bertz CT molecular complexity index is 918. The zero-order valence-electron chi connectivity index (χ0n) is 11.1. The van der Waals surface area contributed by atoms with Gasteiger partial charge in [-0.1, -0.05) is 35.1 Å². The summed E-state index contributed by atoms with van der Waals surface area (Å²) < 4.78 is 0.649. The van der Waals surface area contributed by atoms with Crippen LogP contribution in [0.15, 0.2) is 32.6 Å². The van der Waals surface area contributed by atoms with Crippen LogP contribution in [0.1, 0.15) is 17.1 Å². The van der Waals surface area contributed by atoms with Crippen molar-refractivity contribution in [3.05, 3.63) is 44.7 Å². The summed E-state index contributed by atoms with van der Waals surface area (Å²) in [5.41, 5.74) is 0.807. The third-order valence-electron chi connectivity index (χ3n) is 2.72. The molecule has 0 fully saturated rings. The number of hydrogen-bond acceptors (Lipinski definition) is 8. The van der Waals surface area contributed by atoms with Crippen LogP contribution in [0, 0.1) is 34.0 Å². The summed E-state index contributed by atoms with van der Waals surface area (Å²) in [6, 6.07) is 9.11. The van der Waals surface area contributed by atoms with Gasteiger partial charge in [0.05, 0.1) is 20.5 Å². The minimum Gasteiger partial charge on any atom is -0.254 e. The molecule has 0 bridgehead atoms. The van der Waals surface area contributed by atoms with Crippen molar-refractivity contribution in [2.75, 3.05) is 0 Å². The molecule has 0 atom stereocenters. The SMILES string of the molecule is N#CC(=C1Sc2nc(C#N)c(C#N)nc2S1)c1ccc(Cl)cn1. The lowest BCUT2D eigenvalue weighted by Crippen LogP contribution is -1.96. The highest BCUT2D eigenvalue weighted by Gasteiger charge is 2.27. The van der Waals surface area contributed by atoms with Gasteiger partial charge in [-0.15, -0.1) is 0 Å². The fourth-order valence-electron chi connectivity index (χ4n) is 1.72. The van der Waals surface area contributed by atoms with Crippen molar-refractivity contribution in [1.29, 1.82) is 15.8 Å². The summed E-state index contributed by atoms with van der Waals surface area (Å²) in [6.45, 7) is 0. The van der Waals surface area contributed by atoms with E-state index < -0.39 is 0 Å². The number of halogens is 1. The normalized spacial score (nSPS) is 12.0. The van der Waals surface area contributed by atoms with Crippen LogP contribution in [0.2, 0.25) is 5.02 Å². The van der Waals surface area contributed by atoms with Crippen LogP contribution in [-0.2, 0) is 0 Å². The second-order valence-corrected chi connectivity index (χ2v) is 6.79. The van der Waals surface area contributed by atoms with E-state index in [0.29, 0.717) is 30.6 Å². The topological polar surface area (TPSA) is 110 Å². The molecule has 0 unspecified atom stereocenters. The molecular weight excluding hydrogens is 352 g/mol. The number of rotatable bonds is 1. The van der Waals surface area contributed by atoms with E-state index in [0.717, 1.165) is 0 Å². The van der Waals surface area contributed by atoms with Crippen molar-refractivity contribution >= 4 is 40.7 Å². The highest BCUT2D eigenvalue weighted by atomic mass is 35.5. The molecule has 3 rings (SSSR count). The molecule has 1 aliphatic rings. The van der Waals surface area contributed by atoms with Gasteiger partial charge in [-0.25, -0.2) is 9.97 Å². The third kappa shape index (κ3) is 2.86. The van der Waals surface area contributed by atoms with Gasteiger partial charge in [0.15, 0.2) is 11.4 Å². The summed E-state index contributed by atoms with van der Waals surface area (Å²) in [7, 11) is 0. The van der Waals surface area contributed by atoms with E-state index in [1.54, 1.807) is 12.1 Å². The molecular formula is C14H3ClN6S2. The molecule has 108 valence electrons. The van der Waals surface area contributed by atoms with Crippen LogP contribution in [0.3, 0.4) is 0 Å². The van der Waals surface area contributed by atoms with Gasteiger partial charge in [-0.05, 0) is 12.1 Å². The third-order valence-corrected chi connectivity index (χ3v) is 5.31. The highest BCUT2D eigenvalue weighted by molar-refractivity contribution is 8.24. The van der Waals surface area contributed by atoms with Crippen molar-refractivity contribution in [2.45, 2.75) is 10.1 Å². The molecule has 2 aromatic heterocycles. The van der Waals surface area contributed by atoms with Crippen molar-refractivity contribution in [2.24, 2.45) is 0 Å². The Morgan fingerprint density at radius 1 is 1.00 bits per heavy atom. The van der Waals surface area contributed by atoms with Gasteiger partial charge in [0, 0.05) is 6.20 Å². The summed E-state index contributed by atoms with van der Waals surface area (Å²) in [6.07, 6.45) is 1.46. The average Bonchev–Trinajstić information content (AvgIpc) is 2.98. The first-order valence-electron chi connectivity index (χ1n) is 6.00. The van der Waals surface area contributed by atoms with Gasteiger partial charge in [0.2, 0.25) is 0 Å². The minimum absolute atomic E-state index is 0.0243. The van der Waals surface area contributed by atoms with E-state index in [2.05, 4.69) is 21.0 Å². The zero-order valence-corrected chi connectivity index (χ0v) is 13.5. The maximum absolute atomic E-state index is 9.44. The molecule has 0 aliphatic carbocycles. The average molecular weight is 355 g/mol. The monoisotopic (exact) mass is 354 g/mol. The maximum Gasteiger partial charge on any atom is 0.178 e. The van der Waals surface area contributed by atoms with Crippen LogP contribution < -0.4 is 0 Å². The standard InChI is InChI=1S/C14H3ClN6S2/c15-7-1-2-9(19-6-7)8(3-16)14-22-12-13(23-14)21-11(5-18)10(4-17)20-12/h1-2,6H. The Balaban J connectivity index is 2.06. The number of aromatic nitrogens is 3. The molecule has 9 heteroatoms. The van der Waals surface area contributed by atoms with Gasteiger partial charge in [-0.3, -0.25) is 4.98 Å². The molecule has 0 aromatic carbocycles. The van der Waals surface area contributed by atoms with Crippen molar-refractivity contribution in [1.82, 2.24) is 15.0 Å². The van der Waals surface area contributed by atoms with Crippen molar-refractivity contribution in [3.63, 3.8) is 0 Å². The molecule has 0 radical (unpaired) electrons. The lowest BCUT2D eigenvalue weighted by molar-refractivity contribution is 0.902. The largest absolute Gasteiger partial charge is 0.254 e. The second kappa shape index (κ2) is 6.28. The van der Waals surface area contributed by atoms with Gasteiger partial charge in [-0.2, -0.15) is 15.8 Å². The van der Waals surface area contributed by atoms with E-state index >= 15 is 0 Å². The molecule has 0 saturated carbocycles. The van der Waals surface area contributed by atoms with E-state index in [1.165, 1.54) is 29.7 Å². The van der Waals surface area contributed by atoms with Crippen LogP contribution in [0.5, 0.6) is 0 Å². The second-order valence-electron chi connectivity index (χ2n) is 4.09. The number of allylic oxidation sites excluding steroid dienone is 1. The Morgan fingerprint density at radius 2 is 1.61 bits per heavy atom. The van der Waals surface area contributed by atoms with Gasteiger partial charge in [0.25, 0.3) is 0 Å². The first kappa shape index (κ1) is 15.3. The Kier molecular flexibility index (Phi) is 4.18. The fourth-order valence-corrected chi connectivity index (χ4v) is 4.12. The maximum atomic E-state index is 9.44. The Hall–Kier alpha value is -2.57.